The normalized spacial score (nSPS) is 16.2. The summed E-state index contributed by atoms with van der Waals surface area (Å²) in [4.78, 5) is 13.5. The van der Waals surface area contributed by atoms with Gasteiger partial charge in [0.05, 0.1) is 0 Å². The molecule has 1 aliphatic heterocycles. The number of hydrogen-bond acceptors (Lipinski definition) is 4. The topological polar surface area (TPSA) is 87.8 Å². The number of carbonyl (C=O) groups is 1. The van der Waals surface area contributed by atoms with Crippen LogP contribution in [0.15, 0.2) is 21.6 Å². The zero-order valence-corrected chi connectivity index (χ0v) is 9.94. The molecular weight excluding hydrogens is 269 g/mol. The molecule has 1 aromatic heterocycles. The Hall–Kier alpha value is -0.340. The maximum absolute atomic E-state index is 11.9. The van der Waals surface area contributed by atoms with E-state index in [4.69, 9.17) is 8.97 Å². The van der Waals surface area contributed by atoms with Crippen molar-refractivity contribution in [2.45, 2.75) is 24.4 Å². The fourth-order valence-corrected chi connectivity index (χ4v) is 2.26. The zero-order valence-electron chi connectivity index (χ0n) is 9.13. The summed E-state index contributed by atoms with van der Waals surface area (Å²) in [5.74, 6) is -0.390. The minimum absolute atomic E-state index is 0. The van der Waals surface area contributed by atoms with Crippen LogP contribution in [0.25, 0.3) is 0 Å². The number of amides is 1. The van der Waals surface area contributed by atoms with Gasteiger partial charge in [0, 0.05) is 13.1 Å². The van der Waals surface area contributed by atoms with E-state index >= 15 is 0 Å². The van der Waals surface area contributed by atoms with Crippen LogP contribution in [-0.2, 0) is 10.1 Å². The summed E-state index contributed by atoms with van der Waals surface area (Å²) in [6.45, 7) is 1.31. The number of likely N-dealkylation sites (tertiary alicyclic amines) is 1. The second-order valence-corrected chi connectivity index (χ2v) is 5.30. The van der Waals surface area contributed by atoms with E-state index < -0.39 is 15.2 Å². The van der Waals surface area contributed by atoms with E-state index in [1.54, 1.807) is 4.90 Å². The maximum atomic E-state index is 11.9. The Balaban J connectivity index is 0.00000162. The van der Waals surface area contributed by atoms with E-state index in [1.807, 2.05) is 0 Å². The van der Waals surface area contributed by atoms with E-state index in [0.717, 1.165) is 25.3 Å². The molecule has 2 heterocycles. The Morgan fingerprint density at radius 3 is 2.33 bits per heavy atom. The summed E-state index contributed by atoms with van der Waals surface area (Å²) in [6, 6.07) is 2.34. The molecule has 1 amide bonds. The van der Waals surface area contributed by atoms with Crippen LogP contribution in [0.1, 0.15) is 29.8 Å². The van der Waals surface area contributed by atoms with E-state index in [1.165, 1.54) is 6.07 Å². The molecule has 18 heavy (non-hydrogen) atoms. The third kappa shape index (κ3) is 3.58. The van der Waals surface area contributed by atoms with Crippen LogP contribution in [-0.4, -0.2) is 66.4 Å². The van der Waals surface area contributed by atoms with Gasteiger partial charge in [0.1, 0.15) is 0 Å². The van der Waals surface area contributed by atoms with Gasteiger partial charge in [0.15, 0.2) is 5.76 Å². The molecule has 0 saturated carbocycles. The molecule has 6 nitrogen and oxygen atoms in total. The van der Waals surface area contributed by atoms with Crippen molar-refractivity contribution in [3.8, 4) is 0 Å². The Morgan fingerprint density at radius 1 is 1.22 bits per heavy atom. The third-order valence-electron chi connectivity index (χ3n) is 2.69. The number of carbonyl (C=O) groups excluding carboxylic acids is 1. The first-order valence-corrected chi connectivity index (χ1v) is 6.79. The molecule has 1 fully saturated rings. The molecule has 8 heteroatoms. The molecule has 96 valence electrons. The molecule has 0 atom stereocenters. The molecular formula is C10H14NNaO5S. The quantitative estimate of drug-likeness (QED) is 0.631. The molecule has 1 aliphatic rings. The summed E-state index contributed by atoms with van der Waals surface area (Å²) in [5, 5.41) is -0.599. The first-order valence-electron chi connectivity index (χ1n) is 5.35. The molecule has 0 radical (unpaired) electrons. The van der Waals surface area contributed by atoms with Gasteiger partial charge in [-0.25, -0.2) is 0 Å². The van der Waals surface area contributed by atoms with Crippen LogP contribution in [0, 0.1) is 0 Å². The molecule has 1 saturated heterocycles. The van der Waals surface area contributed by atoms with Gasteiger partial charge in [0.2, 0.25) is 5.09 Å². The van der Waals surface area contributed by atoms with E-state index in [9.17, 15) is 13.2 Å². The van der Waals surface area contributed by atoms with Crippen molar-refractivity contribution in [2.24, 2.45) is 0 Å². The Labute approximate surface area is 127 Å². The van der Waals surface area contributed by atoms with Gasteiger partial charge in [-0.15, -0.1) is 0 Å². The summed E-state index contributed by atoms with van der Waals surface area (Å²) in [6.07, 6.45) is 2.98. The zero-order chi connectivity index (χ0) is 12.5. The van der Waals surface area contributed by atoms with E-state index in [-0.39, 0.29) is 41.2 Å². The van der Waals surface area contributed by atoms with Crippen LogP contribution in [0.5, 0.6) is 0 Å². The van der Waals surface area contributed by atoms with Crippen molar-refractivity contribution >= 4 is 45.6 Å². The molecule has 0 spiro atoms. The van der Waals surface area contributed by atoms with Gasteiger partial charge in [-0.3, -0.25) is 9.35 Å². The fourth-order valence-electron chi connectivity index (χ4n) is 1.83. The van der Waals surface area contributed by atoms with Crippen molar-refractivity contribution in [1.29, 1.82) is 0 Å². The van der Waals surface area contributed by atoms with Gasteiger partial charge in [-0.05, 0) is 31.4 Å². The van der Waals surface area contributed by atoms with Crippen molar-refractivity contribution in [1.82, 2.24) is 4.90 Å². The average molecular weight is 283 g/mol. The summed E-state index contributed by atoms with van der Waals surface area (Å²) in [7, 11) is -4.38. The van der Waals surface area contributed by atoms with Crippen LogP contribution in [0.2, 0.25) is 0 Å². The monoisotopic (exact) mass is 283 g/mol. The van der Waals surface area contributed by atoms with Crippen molar-refractivity contribution in [3.63, 3.8) is 0 Å². The molecule has 1 N–H and O–H groups in total. The van der Waals surface area contributed by atoms with E-state index in [2.05, 4.69) is 0 Å². The number of hydrogen-bond donors (Lipinski definition) is 1. The van der Waals surface area contributed by atoms with Gasteiger partial charge < -0.3 is 9.32 Å². The first kappa shape index (κ1) is 15.7. The average Bonchev–Trinajstić information content (AvgIpc) is 2.78. The van der Waals surface area contributed by atoms with E-state index in [0.29, 0.717) is 13.1 Å². The number of rotatable bonds is 2. The second-order valence-electron chi connectivity index (χ2n) is 3.95. The Morgan fingerprint density at radius 2 is 1.83 bits per heavy atom. The molecule has 0 aliphatic carbocycles. The van der Waals surface area contributed by atoms with Gasteiger partial charge >= 0.3 is 39.7 Å². The van der Waals surface area contributed by atoms with Crippen LogP contribution in [0.4, 0.5) is 0 Å². The van der Waals surface area contributed by atoms with Crippen molar-refractivity contribution in [2.75, 3.05) is 13.1 Å². The van der Waals surface area contributed by atoms with Crippen molar-refractivity contribution < 1.29 is 22.2 Å². The SMILES string of the molecule is O=C(c1ccc(S(=O)(=O)O)o1)N1CCCCC1.[NaH]. The number of furan rings is 1. The standard InChI is InChI=1S/C10H13NO5S.Na.H/c12-10(11-6-2-1-3-7-11)8-4-5-9(16-8)17(13,14)15;;/h4-5H,1-3,6-7H2,(H,13,14,15);;. The van der Waals surface area contributed by atoms with Gasteiger partial charge in [-0.1, -0.05) is 0 Å². The molecule has 0 aromatic carbocycles. The number of nitrogens with zero attached hydrogens (tertiary/aromatic N) is 1. The summed E-state index contributed by atoms with van der Waals surface area (Å²) >= 11 is 0. The molecule has 0 bridgehead atoms. The fraction of sp³-hybridized carbons (Fsp3) is 0.500. The predicted molar refractivity (Wildman–Crippen MR) is 65.4 cm³/mol. The first-order chi connectivity index (χ1) is 7.98. The summed E-state index contributed by atoms with van der Waals surface area (Å²) < 4.78 is 35.1. The predicted octanol–water partition coefficient (Wildman–Crippen LogP) is 0.504. The van der Waals surface area contributed by atoms with Crippen LogP contribution in [0.3, 0.4) is 0 Å². The molecule has 0 unspecified atom stereocenters. The number of piperidine rings is 1. The second kappa shape index (κ2) is 6.21. The Kier molecular flexibility index (Phi) is 5.42. The Bertz CT molecular complexity index is 518. The molecule has 2 rings (SSSR count). The minimum atomic E-state index is -4.38. The van der Waals surface area contributed by atoms with Crippen molar-refractivity contribution in [3.05, 3.63) is 17.9 Å². The van der Waals surface area contributed by atoms with Crippen LogP contribution >= 0.6 is 0 Å². The summed E-state index contributed by atoms with van der Waals surface area (Å²) in [5.41, 5.74) is 0. The third-order valence-corrected chi connectivity index (χ3v) is 3.42. The molecule has 1 aromatic rings. The van der Waals surface area contributed by atoms with Gasteiger partial charge in [-0.2, -0.15) is 8.42 Å². The van der Waals surface area contributed by atoms with Crippen LogP contribution < -0.4 is 0 Å². The van der Waals surface area contributed by atoms with Gasteiger partial charge in [0.25, 0.3) is 5.91 Å².